The molecule has 3 fully saturated rings. The van der Waals surface area contributed by atoms with Crippen molar-refractivity contribution in [3.63, 3.8) is 0 Å². The van der Waals surface area contributed by atoms with Crippen LogP contribution in [0.25, 0.3) is 0 Å². The highest BCUT2D eigenvalue weighted by Gasteiger charge is 2.60. The van der Waals surface area contributed by atoms with E-state index in [1.165, 1.54) is 14.0 Å². The van der Waals surface area contributed by atoms with Gasteiger partial charge >= 0.3 is 0 Å². The van der Waals surface area contributed by atoms with Crippen molar-refractivity contribution in [2.75, 3.05) is 13.7 Å². The van der Waals surface area contributed by atoms with Gasteiger partial charge in [-0.25, -0.2) is 9.98 Å². The average Bonchev–Trinajstić information content (AvgIpc) is 3.13. The van der Waals surface area contributed by atoms with E-state index in [2.05, 4.69) is 15.3 Å². The fourth-order valence-electron chi connectivity index (χ4n) is 5.08. The Morgan fingerprint density at radius 2 is 1.50 bits per heavy atom. The van der Waals surface area contributed by atoms with Crippen LogP contribution in [0.5, 0.6) is 0 Å². The topological polar surface area (TPSA) is 336 Å². The Morgan fingerprint density at radius 3 is 2.02 bits per heavy atom. The molecule has 15 atom stereocenters. The highest BCUT2D eigenvalue weighted by Crippen LogP contribution is 2.38. The summed E-state index contributed by atoms with van der Waals surface area (Å²) >= 11 is 0. The van der Waals surface area contributed by atoms with Crippen molar-refractivity contribution in [2.45, 2.75) is 98.2 Å². The van der Waals surface area contributed by atoms with Gasteiger partial charge in [0.05, 0.1) is 18.8 Å². The molecule has 230 valence electrons. The molecule has 1 aliphatic carbocycles. The summed E-state index contributed by atoms with van der Waals surface area (Å²) in [6.45, 7) is 0.620. The van der Waals surface area contributed by atoms with Crippen LogP contribution in [-0.4, -0.2) is 159 Å². The quantitative estimate of drug-likeness (QED) is 0.0682. The maximum absolute atomic E-state index is 12.1. The second-order valence-electron chi connectivity index (χ2n) is 9.89. The minimum Gasteiger partial charge on any atom is -0.394 e. The number of hydrogen-bond acceptors (Lipinski definition) is 15. The number of aliphatic hydroxyl groups excluding tert-OH is 6. The Balaban J connectivity index is 1.96. The zero-order valence-corrected chi connectivity index (χ0v) is 21.7. The molecule has 1 saturated carbocycles. The smallest absolute Gasteiger partial charge is 0.188 e. The van der Waals surface area contributed by atoms with Gasteiger partial charge in [0.1, 0.15) is 60.9 Å². The van der Waals surface area contributed by atoms with Gasteiger partial charge in [0.2, 0.25) is 0 Å². The number of nitrogens with zero attached hydrogens (tertiary/aromatic N) is 2. The molecule has 0 unspecified atom stereocenters. The van der Waals surface area contributed by atoms with Gasteiger partial charge < -0.3 is 82.9 Å². The summed E-state index contributed by atoms with van der Waals surface area (Å²) in [4.78, 5) is 19.7. The van der Waals surface area contributed by atoms with Crippen molar-refractivity contribution in [1.29, 1.82) is 0 Å². The molecule has 0 amide bonds. The number of ether oxygens (including phenoxy) is 4. The Hall–Kier alpha value is -2.27. The van der Waals surface area contributed by atoms with Gasteiger partial charge in [-0.2, -0.15) is 0 Å². The fourth-order valence-corrected chi connectivity index (χ4v) is 5.08. The monoisotopic (exact) mass is 581 g/mol. The molecule has 2 aliphatic heterocycles. The van der Waals surface area contributed by atoms with Gasteiger partial charge in [-0.1, -0.05) is 0 Å². The summed E-state index contributed by atoms with van der Waals surface area (Å²) in [6.07, 6.45) is -17.3. The molecule has 0 radical (unpaired) electrons. The number of likely N-dealkylation sites (N-methyl/N-ethyl adjacent to an activating group) is 1. The van der Waals surface area contributed by atoms with Crippen LogP contribution < -0.4 is 28.3 Å². The molecule has 2 heterocycles. The predicted molar refractivity (Wildman–Crippen MR) is 133 cm³/mol. The van der Waals surface area contributed by atoms with E-state index < -0.39 is 110 Å². The van der Waals surface area contributed by atoms with Crippen molar-refractivity contribution in [3.05, 3.63) is 0 Å². The highest BCUT2D eigenvalue weighted by atomic mass is 16.8. The molecule has 3 aliphatic rings. The zero-order valence-electron chi connectivity index (χ0n) is 21.7. The van der Waals surface area contributed by atoms with Crippen molar-refractivity contribution in [3.8, 4) is 0 Å². The Bertz CT molecular complexity index is 940. The number of guanidine groups is 2. The number of carbonyl (C=O) groups is 1. The number of nitrogens with two attached hydrogens (primary N) is 4. The summed E-state index contributed by atoms with van der Waals surface area (Å²) in [5.74, 6) is -1.03. The number of hydrogen-bond donors (Lipinski definition) is 12. The summed E-state index contributed by atoms with van der Waals surface area (Å²) in [5.41, 5.74) is 19.4. The molecule has 0 aromatic heterocycles. The number of rotatable bonds is 9. The SMILES string of the molecule is CN[C@H]1[C@H](O[C@@H]2[C@H](O[C@@H]3[C@@H](O)[C@@H](O)[C@@H](N=C(N)N)[C@@H](O)[C@H]3N=C(N)N)O[C@H](C)[C@@]2(O)C=O)O[C@@H](CO)[C@@H](O)[C@H]1O. The van der Waals surface area contributed by atoms with E-state index in [1.807, 2.05) is 0 Å². The number of aldehydes is 1. The Labute approximate surface area is 228 Å². The molecular formula is C21H39N7O12. The predicted octanol–water partition coefficient (Wildman–Crippen LogP) is -8.16. The Morgan fingerprint density at radius 1 is 0.900 bits per heavy atom. The first-order chi connectivity index (χ1) is 18.7. The van der Waals surface area contributed by atoms with E-state index in [9.17, 15) is 40.5 Å². The van der Waals surface area contributed by atoms with E-state index in [-0.39, 0.29) is 6.29 Å². The maximum atomic E-state index is 12.1. The van der Waals surface area contributed by atoms with E-state index in [1.54, 1.807) is 0 Å². The first-order valence-corrected chi connectivity index (χ1v) is 12.4. The lowest BCUT2D eigenvalue weighted by molar-refractivity contribution is -0.314. The third kappa shape index (κ3) is 6.00. The van der Waals surface area contributed by atoms with Gasteiger partial charge in [-0.3, -0.25) is 4.79 Å². The van der Waals surface area contributed by atoms with E-state index in [0.717, 1.165) is 0 Å². The standard InChI is InChI=1S/C21H39N7O12/c1-5-21(36,4-30)16(40-17-9(26-2)13(34)10(31)6(3-29)38-17)18(37-5)39-15-8(28-20(24)25)11(32)7(27-19(22)23)12(33)14(15)35/h4-18,26,29,31-36H,3H2,1-2H3,(H4,22,23,27)(H4,24,25,28)/t5-,6+,7+,8-,9-,10-,11-,12+,13+,14+,15+,16-,17+,18+,21+/m1/s1. The van der Waals surface area contributed by atoms with Crippen molar-refractivity contribution in [1.82, 2.24) is 5.32 Å². The normalized spacial score (nSPS) is 47.4. The molecule has 16 N–H and O–H groups in total. The van der Waals surface area contributed by atoms with E-state index in [4.69, 9.17) is 41.9 Å². The number of aliphatic hydroxyl groups is 7. The lowest BCUT2D eigenvalue weighted by Crippen LogP contribution is -2.66. The number of carbonyl (C=O) groups excluding carboxylic acids is 1. The molecule has 19 heteroatoms. The van der Waals surface area contributed by atoms with Crippen molar-refractivity contribution in [2.24, 2.45) is 32.9 Å². The minimum atomic E-state index is -2.38. The lowest BCUT2D eigenvalue weighted by Gasteiger charge is -2.45. The molecule has 0 bridgehead atoms. The Kier molecular flexibility index (Phi) is 10.2. The largest absolute Gasteiger partial charge is 0.394 e. The molecule has 0 aromatic carbocycles. The van der Waals surface area contributed by atoms with E-state index >= 15 is 0 Å². The number of aliphatic imine (C=N–C) groups is 2. The van der Waals surface area contributed by atoms with Crippen LogP contribution in [0.4, 0.5) is 0 Å². The van der Waals surface area contributed by atoms with Crippen molar-refractivity contribution < 1.29 is 59.5 Å². The van der Waals surface area contributed by atoms with Crippen LogP contribution in [0.15, 0.2) is 9.98 Å². The van der Waals surface area contributed by atoms with Gasteiger partial charge in [0, 0.05) is 0 Å². The molecule has 0 aromatic rings. The first-order valence-electron chi connectivity index (χ1n) is 12.4. The highest BCUT2D eigenvalue weighted by molar-refractivity contribution is 5.76. The average molecular weight is 582 g/mol. The van der Waals surface area contributed by atoms with Crippen LogP contribution >= 0.6 is 0 Å². The minimum absolute atomic E-state index is 0.140. The summed E-state index contributed by atoms with van der Waals surface area (Å²) in [6, 6.07) is -4.08. The summed E-state index contributed by atoms with van der Waals surface area (Å²) in [5, 5.41) is 76.6. The van der Waals surface area contributed by atoms with Gasteiger partial charge in [0.15, 0.2) is 36.4 Å². The lowest BCUT2D eigenvalue weighted by atomic mass is 9.81. The molecule has 0 spiro atoms. The summed E-state index contributed by atoms with van der Waals surface area (Å²) < 4.78 is 22.9. The second-order valence-corrected chi connectivity index (χ2v) is 9.89. The van der Waals surface area contributed by atoms with Crippen LogP contribution in [0, 0.1) is 0 Å². The second kappa shape index (κ2) is 12.7. The number of nitrogens with one attached hydrogen (secondary N) is 1. The van der Waals surface area contributed by atoms with Crippen LogP contribution in [0.2, 0.25) is 0 Å². The third-order valence-electron chi connectivity index (χ3n) is 7.34. The third-order valence-corrected chi connectivity index (χ3v) is 7.34. The summed E-state index contributed by atoms with van der Waals surface area (Å²) in [7, 11) is 1.42. The van der Waals surface area contributed by atoms with Crippen molar-refractivity contribution >= 4 is 18.2 Å². The molecule has 40 heavy (non-hydrogen) atoms. The van der Waals surface area contributed by atoms with Crippen LogP contribution in [0.1, 0.15) is 6.92 Å². The molecular weight excluding hydrogens is 542 g/mol. The van der Waals surface area contributed by atoms with Gasteiger partial charge in [0.25, 0.3) is 0 Å². The van der Waals surface area contributed by atoms with E-state index in [0.29, 0.717) is 0 Å². The first kappa shape index (κ1) is 32.2. The molecule has 2 saturated heterocycles. The van der Waals surface area contributed by atoms with Crippen LogP contribution in [-0.2, 0) is 23.7 Å². The zero-order chi connectivity index (χ0) is 30.1. The molecule has 19 nitrogen and oxygen atoms in total. The van der Waals surface area contributed by atoms with Crippen LogP contribution in [0.3, 0.4) is 0 Å². The maximum Gasteiger partial charge on any atom is 0.188 e. The molecule has 3 rings (SSSR count). The van der Waals surface area contributed by atoms with Gasteiger partial charge in [-0.05, 0) is 14.0 Å². The van der Waals surface area contributed by atoms with Gasteiger partial charge in [-0.15, -0.1) is 0 Å². The fraction of sp³-hybridized carbons (Fsp3) is 0.857.